The Morgan fingerprint density at radius 1 is 1.08 bits per heavy atom. The van der Waals surface area contributed by atoms with Crippen molar-refractivity contribution in [1.29, 1.82) is 0 Å². The van der Waals surface area contributed by atoms with Crippen molar-refractivity contribution in [3.8, 4) is 0 Å². The molecule has 2 nitrogen and oxygen atoms in total. The van der Waals surface area contributed by atoms with Crippen LogP contribution in [-0.2, 0) is 23.4 Å². The van der Waals surface area contributed by atoms with E-state index < -0.39 is 0 Å². The normalized spacial score (nSPS) is 15.8. The molecule has 0 aliphatic heterocycles. The Hall–Kier alpha value is -1.74. The maximum Gasteiger partial charge on any atom is 0.233 e. The van der Waals surface area contributed by atoms with Gasteiger partial charge in [0.05, 0.1) is 11.3 Å². The van der Waals surface area contributed by atoms with Gasteiger partial charge in [-0.05, 0) is 61.3 Å². The van der Waals surface area contributed by atoms with Crippen LogP contribution in [0.5, 0.6) is 0 Å². The molecule has 1 amide bonds. The Bertz CT molecular complexity index is 728. The topological polar surface area (TPSA) is 29.1 Å². The molecule has 3 heteroatoms. The van der Waals surface area contributed by atoms with Crippen LogP contribution in [-0.4, -0.2) is 11.2 Å². The summed E-state index contributed by atoms with van der Waals surface area (Å²) < 4.78 is 0. The molecule has 0 saturated heterocycles. The summed E-state index contributed by atoms with van der Waals surface area (Å²) >= 11 is 1.70. The summed E-state index contributed by atoms with van der Waals surface area (Å²) in [6, 6.07) is 17.2. The van der Waals surface area contributed by atoms with Crippen molar-refractivity contribution in [2.24, 2.45) is 0 Å². The molecule has 1 aliphatic rings. The summed E-state index contributed by atoms with van der Waals surface area (Å²) in [5, 5.41) is 3.21. The van der Waals surface area contributed by atoms with Crippen LogP contribution in [0.25, 0.3) is 0 Å². The molecule has 0 heterocycles. The smallest absolute Gasteiger partial charge is 0.233 e. The molecule has 0 radical (unpaired) electrons. The Morgan fingerprint density at radius 3 is 2.54 bits per heavy atom. The minimum Gasteiger partial charge on any atom is -0.348 e. The molecule has 3 rings (SSSR count). The highest BCUT2D eigenvalue weighted by Gasteiger charge is 2.19. The van der Waals surface area contributed by atoms with E-state index in [9.17, 15) is 4.79 Å². The number of thioether (sulfide) groups is 1. The Labute approximate surface area is 161 Å². The van der Waals surface area contributed by atoms with E-state index in [0.717, 1.165) is 12.2 Å². The molecule has 0 bridgehead atoms. The molecule has 1 N–H and O–H groups in total. The number of nitrogens with one attached hydrogen (secondary N) is 1. The van der Waals surface area contributed by atoms with Crippen LogP contribution in [0.1, 0.15) is 61.4 Å². The second kappa shape index (κ2) is 9.27. The molecular formula is C23H29NOS. The summed E-state index contributed by atoms with van der Waals surface area (Å²) in [4.78, 5) is 12.7. The minimum absolute atomic E-state index is 0.0538. The quantitative estimate of drug-likeness (QED) is 0.704. The first-order chi connectivity index (χ1) is 12.7. The lowest BCUT2D eigenvalue weighted by molar-refractivity contribution is -0.121. The van der Waals surface area contributed by atoms with E-state index >= 15 is 0 Å². The van der Waals surface area contributed by atoms with E-state index in [4.69, 9.17) is 0 Å². The van der Waals surface area contributed by atoms with Crippen LogP contribution in [0.2, 0.25) is 0 Å². The van der Waals surface area contributed by atoms with Crippen molar-refractivity contribution in [3.05, 3.63) is 70.8 Å². The Morgan fingerprint density at radius 2 is 1.81 bits per heavy atom. The van der Waals surface area contributed by atoms with Gasteiger partial charge < -0.3 is 5.32 Å². The van der Waals surface area contributed by atoms with E-state index in [0.29, 0.717) is 0 Å². The fourth-order valence-corrected chi connectivity index (χ4v) is 4.41. The highest BCUT2D eigenvalue weighted by Crippen LogP contribution is 2.26. The number of rotatable bonds is 7. The predicted molar refractivity (Wildman–Crippen MR) is 111 cm³/mol. The first-order valence-electron chi connectivity index (χ1n) is 9.75. The third-order valence-corrected chi connectivity index (χ3v) is 6.43. The molecule has 0 unspecified atom stereocenters. The fourth-order valence-electron chi connectivity index (χ4n) is 3.55. The van der Waals surface area contributed by atoms with Crippen LogP contribution in [0.4, 0.5) is 0 Å². The van der Waals surface area contributed by atoms with Crippen molar-refractivity contribution in [2.75, 3.05) is 0 Å². The van der Waals surface area contributed by atoms with Gasteiger partial charge >= 0.3 is 0 Å². The maximum atomic E-state index is 12.7. The molecule has 1 aliphatic carbocycles. The first kappa shape index (κ1) is 19.0. The molecule has 0 saturated carbocycles. The SMILES string of the molecule is CC[C@@H](NC(=O)[C@H](C)SCc1ccccc1)c1ccc2c(c1)CCCC2. The summed E-state index contributed by atoms with van der Waals surface area (Å²) in [6.45, 7) is 4.15. The van der Waals surface area contributed by atoms with Gasteiger partial charge in [-0.3, -0.25) is 4.79 Å². The van der Waals surface area contributed by atoms with Gasteiger partial charge in [-0.1, -0.05) is 55.5 Å². The fraction of sp³-hybridized carbons (Fsp3) is 0.435. The third kappa shape index (κ3) is 4.91. The second-order valence-corrected chi connectivity index (χ2v) is 8.47. The largest absolute Gasteiger partial charge is 0.348 e. The van der Waals surface area contributed by atoms with Gasteiger partial charge in [0.25, 0.3) is 0 Å². The number of carbonyl (C=O) groups is 1. The number of fused-ring (bicyclic) bond motifs is 1. The van der Waals surface area contributed by atoms with Gasteiger partial charge in [0.1, 0.15) is 0 Å². The molecule has 2 aromatic rings. The molecular weight excluding hydrogens is 338 g/mol. The van der Waals surface area contributed by atoms with Gasteiger partial charge in [0.15, 0.2) is 0 Å². The van der Waals surface area contributed by atoms with Gasteiger partial charge in [-0.2, -0.15) is 0 Å². The lowest BCUT2D eigenvalue weighted by Crippen LogP contribution is -2.34. The summed E-state index contributed by atoms with van der Waals surface area (Å²) in [6.07, 6.45) is 5.88. The Balaban J connectivity index is 1.59. The van der Waals surface area contributed by atoms with Crippen LogP contribution in [0.15, 0.2) is 48.5 Å². The van der Waals surface area contributed by atoms with Crippen molar-refractivity contribution < 1.29 is 4.79 Å². The number of aryl methyl sites for hydroxylation is 2. The first-order valence-corrected chi connectivity index (χ1v) is 10.8. The second-order valence-electron chi connectivity index (χ2n) is 7.14. The number of carbonyl (C=O) groups excluding carboxylic acids is 1. The summed E-state index contributed by atoms with van der Waals surface area (Å²) in [5.74, 6) is 1.00. The zero-order valence-corrected chi connectivity index (χ0v) is 16.6. The van der Waals surface area contributed by atoms with Crippen molar-refractivity contribution in [2.45, 2.75) is 63.0 Å². The molecule has 138 valence electrons. The van der Waals surface area contributed by atoms with E-state index in [1.165, 1.54) is 47.9 Å². The number of hydrogen-bond acceptors (Lipinski definition) is 2. The van der Waals surface area contributed by atoms with Crippen molar-refractivity contribution >= 4 is 17.7 Å². The predicted octanol–water partition coefficient (Wildman–Crippen LogP) is 5.45. The third-order valence-electron chi connectivity index (χ3n) is 5.21. The monoisotopic (exact) mass is 367 g/mol. The lowest BCUT2D eigenvalue weighted by atomic mass is 9.89. The van der Waals surface area contributed by atoms with Crippen molar-refractivity contribution in [1.82, 2.24) is 5.32 Å². The van der Waals surface area contributed by atoms with Crippen LogP contribution < -0.4 is 5.32 Å². The molecule has 2 atom stereocenters. The highest BCUT2D eigenvalue weighted by atomic mass is 32.2. The van der Waals surface area contributed by atoms with E-state index in [1.54, 1.807) is 11.8 Å². The standard InChI is InChI=1S/C23H29NOS/c1-3-22(21-14-13-19-11-7-8-12-20(19)15-21)24-23(25)17(2)26-16-18-9-5-4-6-10-18/h4-6,9-10,13-15,17,22H,3,7-8,11-12,16H2,1-2H3,(H,24,25)/t17-,22+/m0/s1. The number of hydrogen-bond donors (Lipinski definition) is 1. The van der Waals surface area contributed by atoms with Crippen LogP contribution in [0, 0.1) is 0 Å². The van der Waals surface area contributed by atoms with Crippen LogP contribution in [0.3, 0.4) is 0 Å². The highest BCUT2D eigenvalue weighted by molar-refractivity contribution is 7.99. The average molecular weight is 368 g/mol. The van der Waals surface area contributed by atoms with Crippen molar-refractivity contribution in [3.63, 3.8) is 0 Å². The van der Waals surface area contributed by atoms with Crippen LogP contribution >= 0.6 is 11.8 Å². The van der Waals surface area contributed by atoms with Gasteiger partial charge in [-0.25, -0.2) is 0 Å². The maximum absolute atomic E-state index is 12.7. The minimum atomic E-state index is -0.0538. The van der Waals surface area contributed by atoms with E-state index in [-0.39, 0.29) is 17.2 Å². The molecule has 26 heavy (non-hydrogen) atoms. The number of amides is 1. The molecule has 0 aromatic heterocycles. The Kier molecular flexibility index (Phi) is 6.79. The zero-order chi connectivity index (χ0) is 18.4. The zero-order valence-electron chi connectivity index (χ0n) is 15.8. The molecule has 2 aromatic carbocycles. The summed E-state index contributed by atoms with van der Waals surface area (Å²) in [7, 11) is 0. The van der Waals surface area contributed by atoms with E-state index in [1.807, 2.05) is 25.1 Å². The van der Waals surface area contributed by atoms with E-state index in [2.05, 4.69) is 42.6 Å². The lowest BCUT2D eigenvalue weighted by Gasteiger charge is -2.23. The van der Waals surface area contributed by atoms with Gasteiger partial charge in [-0.15, -0.1) is 11.8 Å². The molecule has 0 fully saturated rings. The average Bonchev–Trinajstić information content (AvgIpc) is 2.70. The van der Waals surface area contributed by atoms with Gasteiger partial charge in [0, 0.05) is 5.75 Å². The number of benzene rings is 2. The van der Waals surface area contributed by atoms with Gasteiger partial charge in [0.2, 0.25) is 5.91 Å². The molecule has 0 spiro atoms. The summed E-state index contributed by atoms with van der Waals surface area (Å²) in [5.41, 5.74) is 5.49.